The molecule has 1 aliphatic carbocycles. The number of allylic oxidation sites excluding steroid dienone is 5. The van der Waals surface area contributed by atoms with Crippen molar-refractivity contribution in [2.45, 2.75) is 72.3 Å². The second kappa shape index (κ2) is 8.47. The van der Waals surface area contributed by atoms with Crippen molar-refractivity contribution in [1.82, 2.24) is 0 Å². The minimum atomic E-state index is -0.781. The number of hydrogen-bond donors (Lipinski definition) is 1. The minimum Gasteiger partial charge on any atom is -0.386 e. The first-order chi connectivity index (χ1) is 10.2. The Balaban J connectivity index is 2.99. The van der Waals surface area contributed by atoms with Crippen LogP contribution in [0.3, 0.4) is 0 Å². The smallest absolute Gasteiger partial charge is 0.140 e. The van der Waals surface area contributed by atoms with E-state index in [2.05, 4.69) is 32.1 Å². The lowest BCUT2D eigenvalue weighted by molar-refractivity contribution is -0.117. The third-order valence-corrected chi connectivity index (χ3v) is 4.39. The van der Waals surface area contributed by atoms with Crippen molar-refractivity contribution >= 4 is 5.78 Å². The van der Waals surface area contributed by atoms with E-state index < -0.39 is 5.60 Å². The molecule has 22 heavy (non-hydrogen) atoms. The lowest BCUT2D eigenvalue weighted by Gasteiger charge is -2.21. The van der Waals surface area contributed by atoms with Crippen molar-refractivity contribution in [3.8, 4) is 0 Å². The zero-order valence-electron chi connectivity index (χ0n) is 14.9. The van der Waals surface area contributed by atoms with Gasteiger partial charge in [0, 0.05) is 12.8 Å². The number of rotatable bonds is 1. The van der Waals surface area contributed by atoms with Gasteiger partial charge in [-0.05, 0) is 51.9 Å². The standard InChI is InChI=1S/C20H32O2/c1-15(2)18-9-8-17(4)14-19(21)13-16(3)7-6-11-20(5,22)12-10-18/h7-8,10,12,15,18,22H,6,9,11,13-14H2,1-5H3/b12-10+,16-7+,17-8+/t18-,20-/m1/s1. The lowest BCUT2D eigenvalue weighted by Crippen LogP contribution is -2.21. The minimum absolute atomic E-state index is 0.281. The topological polar surface area (TPSA) is 37.3 Å². The molecule has 0 bridgehead atoms. The molecule has 0 saturated carbocycles. The van der Waals surface area contributed by atoms with Crippen molar-refractivity contribution in [1.29, 1.82) is 0 Å². The van der Waals surface area contributed by atoms with Gasteiger partial charge >= 0.3 is 0 Å². The molecule has 0 aliphatic heterocycles. The van der Waals surface area contributed by atoms with Gasteiger partial charge in [-0.15, -0.1) is 0 Å². The highest BCUT2D eigenvalue weighted by Crippen LogP contribution is 2.23. The van der Waals surface area contributed by atoms with Crippen LogP contribution in [0.4, 0.5) is 0 Å². The molecule has 1 aliphatic rings. The molecule has 0 aromatic carbocycles. The quantitative estimate of drug-likeness (QED) is 0.693. The van der Waals surface area contributed by atoms with Crippen molar-refractivity contribution in [3.63, 3.8) is 0 Å². The van der Waals surface area contributed by atoms with Crippen molar-refractivity contribution in [3.05, 3.63) is 35.5 Å². The van der Waals surface area contributed by atoms with Gasteiger partial charge in [0.25, 0.3) is 0 Å². The molecule has 0 saturated heterocycles. The zero-order valence-corrected chi connectivity index (χ0v) is 14.9. The summed E-state index contributed by atoms with van der Waals surface area (Å²) in [6.07, 6.45) is 11.9. The Morgan fingerprint density at radius 3 is 2.36 bits per heavy atom. The molecule has 1 rings (SSSR count). The normalized spacial score (nSPS) is 35.2. The molecule has 0 aromatic heterocycles. The van der Waals surface area contributed by atoms with E-state index in [1.54, 1.807) is 0 Å². The van der Waals surface area contributed by atoms with Crippen LogP contribution in [0.25, 0.3) is 0 Å². The van der Waals surface area contributed by atoms with Crippen LogP contribution < -0.4 is 0 Å². The number of ketones is 1. The second-order valence-electron chi connectivity index (χ2n) is 7.39. The van der Waals surface area contributed by atoms with Crippen LogP contribution in [-0.2, 0) is 4.79 Å². The molecular formula is C20H32O2. The molecule has 1 N–H and O–H groups in total. The Morgan fingerprint density at radius 1 is 1.18 bits per heavy atom. The average molecular weight is 304 g/mol. The first-order valence-electron chi connectivity index (χ1n) is 8.44. The summed E-state index contributed by atoms with van der Waals surface area (Å²) >= 11 is 0. The Hall–Kier alpha value is -1.15. The Bertz CT molecular complexity index is 464. The molecule has 2 atom stereocenters. The Morgan fingerprint density at radius 2 is 1.77 bits per heavy atom. The SMILES string of the molecule is C/C1=C\CC[C@@](C)(O)/C=C/[C@H](C(C)C)C/C=C(\C)CC(=O)C1. The summed E-state index contributed by atoms with van der Waals surface area (Å²) in [5.41, 5.74) is 1.48. The third-order valence-electron chi connectivity index (χ3n) is 4.39. The van der Waals surface area contributed by atoms with E-state index in [4.69, 9.17) is 0 Å². The maximum absolute atomic E-state index is 12.1. The maximum Gasteiger partial charge on any atom is 0.140 e. The number of Topliss-reactive ketones (excluding diaryl/α,β-unsaturated/α-hetero) is 1. The van der Waals surface area contributed by atoms with Crippen molar-refractivity contribution in [2.24, 2.45) is 11.8 Å². The van der Waals surface area contributed by atoms with Crippen LogP contribution in [0.15, 0.2) is 35.5 Å². The predicted molar refractivity (Wildman–Crippen MR) is 93.7 cm³/mol. The lowest BCUT2D eigenvalue weighted by atomic mass is 9.88. The number of aliphatic hydroxyl groups is 1. The predicted octanol–water partition coefficient (Wildman–Crippen LogP) is 4.99. The van der Waals surface area contributed by atoms with E-state index in [1.165, 1.54) is 0 Å². The van der Waals surface area contributed by atoms with Gasteiger partial charge < -0.3 is 5.11 Å². The molecule has 2 nitrogen and oxygen atoms in total. The number of carbonyl (C=O) groups excluding carboxylic acids is 1. The second-order valence-corrected chi connectivity index (χ2v) is 7.39. The molecule has 0 amide bonds. The summed E-state index contributed by atoms with van der Waals surface area (Å²) in [6.45, 7) is 10.3. The van der Waals surface area contributed by atoms with Crippen LogP contribution in [0.5, 0.6) is 0 Å². The van der Waals surface area contributed by atoms with E-state index in [0.717, 1.165) is 24.0 Å². The van der Waals surface area contributed by atoms with Crippen molar-refractivity contribution < 1.29 is 9.90 Å². The average Bonchev–Trinajstić information content (AvgIpc) is 2.36. The molecule has 0 spiro atoms. The van der Waals surface area contributed by atoms with Crippen molar-refractivity contribution in [2.75, 3.05) is 0 Å². The highest BCUT2D eigenvalue weighted by Gasteiger charge is 2.18. The van der Waals surface area contributed by atoms with Gasteiger partial charge in [-0.25, -0.2) is 0 Å². The largest absolute Gasteiger partial charge is 0.386 e. The fourth-order valence-electron chi connectivity index (χ4n) is 2.76. The van der Waals surface area contributed by atoms with E-state index in [-0.39, 0.29) is 5.78 Å². The number of carbonyl (C=O) groups is 1. The van der Waals surface area contributed by atoms with Gasteiger partial charge in [0.2, 0.25) is 0 Å². The molecule has 0 radical (unpaired) electrons. The monoisotopic (exact) mass is 304 g/mol. The molecule has 0 heterocycles. The summed E-state index contributed by atoms with van der Waals surface area (Å²) in [4.78, 5) is 12.1. The first-order valence-corrected chi connectivity index (χ1v) is 8.44. The van der Waals surface area contributed by atoms with Crippen LogP contribution in [0.2, 0.25) is 0 Å². The van der Waals surface area contributed by atoms with Gasteiger partial charge in [-0.2, -0.15) is 0 Å². The van der Waals surface area contributed by atoms with Gasteiger partial charge in [0.1, 0.15) is 5.78 Å². The van der Waals surface area contributed by atoms with Crippen LogP contribution in [0, 0.1) is 11.8 Å². The fourth-order valence-corrected chi connectivity index (χ4v) is 2.76. The van der Waals surface area contributed by atoms with Gasteiger partial charge in [0.15, 0.2) is 0 Å². The van der Waals surface area contributed by atoms with Crippen LogP contribution in [0.1, 0.15) is 66.7 Å². The number of hydrogen-bond acceptors (Lipinski definition) is 2. The van der Waals surface area contributed by atoms with Crippen LogP contribution >= 0.6 is 0 Å². The summed E-state index contributed by atoms with van der Waals surface area (Å²) in [5.74, 6) is 1.20. The van der Waals surface area contributed by atoms with Gasteiger partial charge in [-0.3, -0.25) is 4.79 Å². The molecule has 124 valence electrons. The van der Waals surface area contributed by atoms with E-state index in [1.807, 2.05) is 26.8 Å². The van der Waals surface area contributed by atoms with E-state index in [0.29, 0.717) is 31.1 Å². The van der Waals surface area contributed by atoms with Crippen LogP contribution in [-0.4, -0.2) is 16.5 Å². The maximum atomic E-state index is 12.1. The first kappa shape index (κ1) is 18.9. The molecule has 0 fully saturated rings. The summed E-state index contributed by atoms with van der Waals surface area (Å²) in [6, 6.07) is 0. The molecule has 0 unspecified atom stereocenters. The van der Waals surface area contributed by atoms with E-state index in [9.17, 15) is 9.90 Å². The molecule has 0 aromatic rings. The fraction of sp³-hybridized carbons (Fsp3) is 0.650. The summed E-state index contributed by atoms with van der Waals surface area (Å²) in [7, 11) is 0. The van der Waals surface area contributed by atoms with Gasteiger partial charge in [0.05, 0.1) is 5.60 Å². The van der Waals surface area contributed by atoms with Gasteiger partial charge in [-0.1, -0.05) is 49.3 Å². The zero-order chi connectivity index (χ0) is 16.8. The Labute approximate surface area is 136 Å². The highest BCUT2D eigenvalue weighted by atomic mass is 16.3. The summed E-state index contributed by atoms with van der Waals surface area (Å²) in [5, 5.41) is 10.5. The molecular weight excluding hydrogens is 272 g/mol. The summed E-state index contributed by atoms with van der Waals surface area (Å²) < 4.78 is 0. The highest BCUT2D eigenvalue weighted by molar-refractivity contribution is 5.82. The van der Waals surface area contributed by atoms with E-state index >= 15 is 0 Å². The molecule has 2 heteroatoms. The third kappa shape index (κ3) is 7.22. The Kier molecular flexibility index (Phi) is 7.28.